The molecule has 3 rings (SSSR count). The minimum Gasteiger partial charge on any atom is -0.399 e. The van der Waals surface area contributed by atoms with Gasteiger partial charge in [0.1, 0.15) is 0 Å². The van der Waals surface area contributed by atoms with Gasteiger partial charge in [0, 0.05) is 31.0 Å². The van der Waals surface area contributed by atoms with E-state index in [9.17, 15) is 0 Å². The maximum Gasteiger partial charge on any atom is 0.182 e. The van der Waals surface area contributed by atoms with E-state index in [1.807, 2.05) is 28.9 Å². The number of nitrogens with two attached hydrogens (primary N) is 1. The van der Waals surface area contributed by atoms with Gasteiger partial charge in [-0.2, -0.15) is 0 Å². The minimum atomic E-state index is 0.623. The van der Waals surface area contributed by atoms with Crippen molar-refractivity contribution >= 4 is 5.69 Å². The summed E-state index contributed by atoms with van der Waals surface area (Å²) in [6.07, 6.45) is 2.18. The second-order valence-electron chi connectivity index (χ2n) is 4.87. The van der Waals surface area contributed by atoms with Crippen molar-refractivity contribution < 1.29 is 4.74 Å². The average Bonchev–Trinajstić information content (AvgIpc) is 3.08. The predicted molar refractivity (Wildman–Crippen MR) is 71.2 cm³/mol. The number of ether oxygens (including phenoxy) is 1. The number of hydrogen-bond donors (Lipinski definition) is 1. The lowest BCUT2D eigenvalue weighted by Crippen LogP contribution is -2.09. The standard InChI is InChI=1S/C13H17N5O/c14-12-3-1-2-11(8-12)13-15-16-17-18(13)6-4-10-5-7-19-9-10/h1-3,8,10H,4-7,9,14H2. The average molecular weight is 259 g/mol. The third-order valence-electron chi connectivity index (χ3n) is 3.45. The topological polar surface area (TPSA) is 78.9 Å². The summed E-state index contributed by atoms with van der Waals surface area (Å²) in [4.78, 5) is 0. The molecule has 100 valence electrons. The molecular weight excluding hydrogens is 242 g/mol. The Kier molecular flexibility index (Phi) is 3.41. The molecule has 6 heteroatoms. The lowest BCUT2D eigenvalue weighted by molar-refractivity contribution is 0.183. The van der Waals surface area contributed by atoms with Crippen LogP contribution in [0.1, 0.15) is 12.8 Å². The Hall–Kier alpha value is -1.95. The first-order chi connectivity index (χ1) is 9.33. The zero-order chi connectivity index (χ0) is 13.1. The van der Waals surface area contributed by atoms with Crippen LogP contribution in [0.3, 0.4) is 0 Å². The van der Waals surface area contributed by atoms with E-state index in [0.29, 0.717) is 5.92 Å². The van der Waals surface area contributed by atoms with Crippen LogP contribution in [0.2, 0.25) is 0 Å². The molecule has 0 spiro atoms. The lowest BCUT2D eigenvalue weighted by atomic mass is 10.1. The fourth-order valence-electron chi connectivity index (χ4n) is 2.36. The smallest absolute Gasteiger partial charge is 0.182 e. The number of aryl methyl sites for hydroxylation is 1. The summed E-state index contributed by atoms with van der Waals surface area (Å²) >= 11 is 0. The van der Waals surface area contributed by atoms with Gasteiger partial charge in [0.2, 0.25) is 0 Å². The predicted octanol–water partition coefficient (Wildman–Crippen LogP) is 1.35. The summed E-state index contributed by atoms with van der Waals surface area (Å²) in [5.74, 6) is 1.39. The van der Waals surface area contributed by atoms with Crippen molar-refractivity contribution in [2.24, 2.45) is 5.92 Å². The molecule has 6 nitrogen and oxygen atoms in total. The van der Waals surface area contributed by atoms with Crippen LogP contribution in [0.25, 0.3) is 11.4 Å². The fourth-order valence-corrected chi connectivity index (χ4v) is 2.36. The molecule has 0 amide bonds. The molecule has 2 aromatic rings. The van der Waals surface area contributed by atoms with Crippen LogP contribution < -0.4 is 5.73 Å². The van der Waals surface area contributed by atoms with Gasteiger partial charge in [0.05, 0.1) is 0 Å². The molecular formula is C13H17N5O. The first-order valence-electron chi connectivity index (χ1n) is 6.53. The monoisotopic (exact) mass is 259 g/mol. The van der Waals surface area contributed by atoms with Gasteiger partial charge in [0.15, 0.2) is 5.82 Å². The molecule has 1 unspecified atom stereocenters. The van der Waals surface area contributed by atoms with Crippen LogP contribution in [0, 0.1) is 5.92 Å². The van der Waals surface area contributed by atoms with Gasteiger partial charge in [-0.25, -0.2) is 4.68 Å². The van der Waals surface area contributed by atoms with Gasteiger partial charge in [-0.15, -0.1) is 5.10 Å². The van der Waals surface area contributed by atoms with E-state index in [-0.39, 0.29) is 0 Å². The van der Waals surface area contributed by atoms with E-state index >= 15 is 0 Å². The maximum atomic E-state index is 5.79. The molecule has 0 bridgehead atoms. The second kappa shape index (κ2) is 5.36. The number of benzene rings is 1. The van der Waals surface area contributed by atoms with Crippen molar-refractivity contribution in [1.29, 1.82) is 0 Å². The van der Waals surface area contributed by atoms with E-state index in [1.54, 1.807) is 0 Å². The van der Waals surface area contributed by atoms with E-state index in [4.69, 9.17) is 10.5 Å². The van der Waals surface area contributed by atoms with Crippen molar-refractivity contribution in [1.82, 2.24) is 20.2 Å². The molecule has 1 fully saturated rings. The summed E-state index contributed by atoms with van der Waals surface area (Å²) in [5, 5.41) is 11.9. The summed E-state index contributed by atoms with van der Waals surface area (Å²) in [6, 6.07) is 7.63. The summed E-state index contributed by atoms with van der Waals surface area (Å²) in [5.41, 5.74) is 7.46. The van der Waals surface area contributed by atoms with Crippen LogP contribution in [-0.2, 0) is 11.3 Å². The van der Waals surface area contributed by atoms with Crippen LogP contribution in [-0.4, -0.2) is 33.4 Å². The number of tetrazole rings is 1. The molecule has 1 aromatic carbocycles. The number of aromatic nitrogens is 4. The van der Waals surface area contributed by atoms with Crippen molar-refractivity contribution in [2.45, 2.75) is 19.4 Å². The number of rotatable bonds is 4. The normalized spacial score (nSPS) is 18.8. The van der Waals surface area contributed by atoms with Crippen LogP contribution >= 0.6 is 0 Å². The first-order valence-corrected chi connectivity index (χ1v) is 6.53. The summed E-state index contributed by atoms with van der Waals surface area (Å²) in [7, 11) is 0. The highest BCUT2D eigenvalue weighted by Crippen LogP contribution is 2.21. The Labute approximate surface area is 111 Å². The van der Waals surface area contributed by atoms with Gasteiger partial charge in [-0.05, 0) is 41.3 Å². The molecule has 0 radical (unpaired) electrons. The first kappa shape index (κ1) is 12.1. The van der Waals surface area contributed by atoms with Crippen LogP contribution in [0.15, 0.2) is 24.3 Å². The summed E-state index contributed by atoms with van der Waals surface area (Å²) < 4.78 is 7.22. The Balaban J connectivity index is 1.74. The molecule has 1 aromatic heterocycles. The molecule has 2 N–H and O–H groups in total. The van der Waals surface area contributed by atoms with E-state index in [0.717, 1.165) is 49.7 Å². The fraction of sp³-hybridized carbons (Fsp3) is 0.462. The zero-order valence-electron chi connectivity index (χ0n) is 10.7. The van der Waals surface area contributed by atoms with Crippen LogP contribution in [0.5, 0.6) is 0 Å². The Morgan fingerprint density at radius 3 is 3.16 bits per heavy atom. The summed E-state index contributed by atoms with van der Waals surface area (Å²) in [6.45, 7) is 2.54. The third-order valence-corrected chi connectivity index (χ3v) is 3.45. The number of anilines is 1. The molecule has 1 saturated heterocycles. The maximum absolute atomic E-state index is 5.79. The van der Waals surface area contributed by atoms with Gasteiger partial charge >= 0.3 is 0 Å². The highest BCUT2D eigenvalue weighted by molar-refractivity contribution is 5.60. The number of hydrogen-bond acceptors (Lipinski definition) is 5. The largest absolute Gasteiger partial charge is 0.399 e. The Morgan fingerprint density at radius 2 is 2.37 bits per heavy atom. The molecule has 0 saturated carbocycles. The van der Waals surface area contributed by atoms with Gasteiger partial charge < -0.3 is 10.5 Å². The second-order valence-corrected chi connectivity index (χ2v) is 4.87. The quantitative estimate of drug-likeness (QED) is 0.838. The van der Waals surface area contributed by atoms with Crippen molar-refractivity contribution in [3.63, 3.8) is 0 Å². The van der Waals surface area contributed by atoms with E-state index in [1.165, 1.54) is 0 Å². The Bertz CT molecular complexity index is 547. The van der Waals surface area contributed by atoms with Gasteiger partial charge in [0.25, 0.3) is 0 Å². The minimum absolute atomic E-state index is 0.623. The molecule has 2 heterocycles. The molecule has 1 aliphatic rings. The Morgan fingerprint density at radius 1 is 1.42 bits per heavy atom. The van der Waals surface area contributed by atoms with Crippen molar-refractivity contribution in [3.8, 4) is 11.4 Å². The van der Waals surface area contributed by atoms with E-state index < -0.39 is 0 Å². The molecule has 1 aliphatic heterocycles. The highest BCUT2D eigenvalue weighted by atomic mass is 16.5. The van der Waals surface area contributed by atoms with E-state index in [2.05, 4.69) is 15.5 Å². The molecule has 19 heavy (non-hydrogen) atoms. The number of nitrogens with zero attached hydrogens (tertiary/aromatic N) is 4. The lowest BCUT2D eigenvalue weighted by Gasteiger charge is -2.08. The van der Waals surface area contributed by atoms with Crippen LogP contribution in [0.4, 0.5) is 5.69 Å². The number of nitrogen functional groups attached to an aromatic ring is 1. The molecule has 1 atom stereocenters. The SMILES string of the molecule is Nc1cccc(-c2nnnn2CCC2CCOC2)c1. The zero-order valence-corrected chi connectivity index (χ0v) is 10.7. The highest BCUT2D eigenvalue weighted by Gasteiger charge is 2.17. The van der Waals surface area contributed by atoms with Gasteiger partial charge in [-0.3, -0.25) is 0 Å². The molecule has 0 aliphatic carbocycles. The third kappa shape index (κ3) is 2.73. The van der Waals surface area contributed by atoms with Crippen molar-refractivity contribution in [2.75, 3.05) is 18.9 Å². The van der Waals surface area contributed by atoms with Gasteiger partial charge in [-0.1, -0.05) is 12.1 Å². The van der Waals surface area contributed by atoms with Crippen molar-refractivity contribution in [3.05, 3.63) is 24.3 Å².